The van der Waals surface area contributed by atoms with Gasteiger partial charge in [0.1, 0.15) is 0 Å². The lowest BCUT2D eigenvalue weighted by Gasteiger charge is -2.12. The number of anilines is 1. The standard InChI is InChI=1S/C23H18ClN3O2/c1-15-13-17(24)11-12-20(15)25-22(28)21-18-9-5-6-10-19(18)23(29)27(26-21)14-16-7-3-2-4-8-16/h2-13H,14H2,1H3,(H,25,28). The molecule has 1 amide bonds. The molecule has 0 saturated carbocycles. The molecule has 3 aromatic carbocycles. The zero-order valence-corrected chi connectivity index (χ0v) is 16.5. The molecule has 0 fully saturated rings. The number of nitrogens with one attached hydrogen (secondary N) is 1. The van der Waals surface area contributed by atoms with Crippen LogP contribution in [-0.2, 0) is 6.54 Å². The highest BCUT2D eigenvalue weighted by Crippen LogP contribution is 2.21. The molecule has 0 aliphatic carbocycles. The summed E-state index contributed by atoms with van der Waals surface area (Å²) < 4.78 is 1.33. The van der Waals surface area contributed by atoms with Crippen LogP contribution in [0.3, 0.4) is 0 Å². The second-order valence-corrected chi connectivity index (χ2v) is 7.19. The molecule has 6 heteroatoms. The van der Waals surface area contributed by atoms with Crippen molar-refractivity contribution in [3.63, 3.8) is 0 Å². The monoisotopic (exact) mass is 403 g/mol. The molecule has 0 aliphatic rings. The Labute approximate surface area is 172 Å². The average molecular weight is 404 g/mol. The van der Waals surface area contributed by atoms with Crippen molar-refractivity contribution in [1.82, 2.24) is 9.78 Å². The third-order valence-electron chi connectivity index (χ3n) is 4.69. The number of benzene rings is 3. The second kappa shape index (κ2) is 7.89. The molecule has 1 heterocycles. The van der Waals surface area contributed by atoms with Gasteiger partial charge in [-0.3, -0.25) is 9.59 Å². The van der Waals surface area contributed by atoms with Gasteiger partial charge in [0.2, 0.25) is 0 Å². The van der Waals surface area contributed by atoms with Gasteiger partial charge < -0.3 is 5.32 Å². The van der Waals surface area contributed by atoms with Crippen LogP contribution >= 0.6 is 11.6 Å². The van der Waals surface area contributed by atoms with Crippen LogP contribution in [0.25, 0.3) is 10.8 Å². The van der Waals surface area contributed by atoms with Gasteiger partial charge in [0.15, 0.2) is 5.69 Å². The quantitative estimate of drug-likeness (QED) is 0.539. The predicted octanol–water partition coefficient (Wildman–Crippen LogP) is 4.66. The summed E-state index contributed by atoms with van der Waals surface area (Å²) in [6.07, 6.45) is 0. The Kier molecular flexibility index (Phi) is 5.14. The van der Waals surface area contributed by atoms with Gasteiger partial charge in [0.25, 0.3) is 11.5 Å². The van der Waals surface area contributed by atoms with Crippen LogP contribution in [0.4, 0.5) is 5.69 Å². The number of carbonyl (C=O) groups excluding carboxylic acids is 1. The molecule has 0 aliphatic heterocycles. The maximum Gasteiger partial charge on any atom is 0.276 e. The van der Waals surface area contributed by atoms with Gasteiger partial charge in [-0.25, -0.2) is 4.68 Å². The average Bonchev–Trinajstić information content (AvgIpc) is 2.73. The number of rotatable bonds is 4. The molecule has 1 aromatic heterocycles. The first-order valence-electron chi connectivity index (χ1n) is 9.14. The van der Waals surface area contributed by atoms with E-state index in [1.165, 1.54) is 4.68 Å². The molecule has 5 nitrogen and oxygen atoms in total. The predicted molar refractivity (Wildman–Crippen MR) is 116 cm³/mol. The molecule has 0 saturated heterocycles. The summed E-state index contributed by atoms with van der Waals surface area (Å²) in [6.45, 7) is 2.15. The van der Waals surface area contributed by atoms with Crippen molar-refractivity contribution >= 4 is 34.0 Å². The number of halogens is 1. The van der Waals surface area contributed by atoms with Gasteiger partial charge in [-0.2, -0.15) is 5.10 Å². The summed E-state index contributed by atoms with van der Waals surface area (Å²) in [4.78, 5) is 26.0. The van der Waals surface area contributed by atoms with Gasteiger partial charge in [0, 0.05) is 16.1 Å². The first-order valence-corrected chi connectivity index (χ1v) is 9.52. The van der Waals surface area contributed by atoms with E-state index in [4.69, 9.17) is 11.6 Å². The molecule has 4 aromatic rings. The van der Waals surface area contributed by atoms with Crippen LogP contribution in [0, 0.1) is 6.92 Å². The molecular formula is C23H18ClN3O2. The van der Waals surface area contributed by atoms with Crippen LogP contribution < -0.4 is 10.9 Å². The Hall–Kier alpha value is -3.44. The van der Waals surface area contributed by atoms with E-state index in [2.05, 4.69) is 10.4 Å². The molecule has 4 rings (SSSR count). The minimum Gasteiger partial charge on any atom is -0.320 e. The fourth-order valence-electron chi connectivity index (χ4n) is 3.22. The Balaban J connectivity index is 1.79. The number of hydrogen-bond acceptors (Lipinski definition) is 3. The van der Waals surface area contributed by atoms with Crippen molar-refractivity contribution < 1.29 is 4.79 Å². The Morgan fingerprint density at radius 3 is 2.41 bits per heavy atom. The van der Waals surface area contributed by atoms with Crippen LogP contribution in [0.2, 0.25) is 5.02 Å². The van der Waals surface area contributed by atoms with Crippen LogP contribution in [0.1, 0.15) is 21.6 Å². The Morgan fingerprint density at radius 2 is 1.69 bits per heavy atom. The Bertz CT molecular complexity index is 1270. The van der Waals surface area contributed by atoms with Gasteiger partial charge in [-0.05, 0) is 42.3 Å². The van der Waals surface area contributed by atoms with Gasteiger partial charge in [-0.15, -0.1) is 0 Å². The maximum absolute atomic E-state index is 13.1. The van der Waals surface area contributed by atoms with E-state index < -0.39 is 0 Å². The summed E-state index contributed by atoms with van der Waals surface area (Å²) in [5.41, 5.74) is 2.38. The number of fused-ring (bicyclic) bond motifs is 1. The number of nitrogens with zero attached hydrogens (tertiary/aromatic N) is 2. The van der Waals surface area contributed by atoms with Crippen LogP contribution in [0.15, 0.2) is 77.6 Å². The number of amides is 1. The largest absolute Gasteiger partial charge is 0.320 e. The van der Waals surface area contributed by atoms with Gasteiger partial charge in [0.05, 0.1) is 11.9 Å². The minimum atomic E-state index is -0.381. The number of carbonyl (C=O) groups is 1. The first kappa shape index (κ1) is 18.9. The van der Waals surface area contributed by atoms with E-state index in [9.17, 15) is 9.59 Å². The van der Waals surface area contributed by atoms with E-state index in [1.54, 1.807) is 42.5 Å². The third-order valence-corrected chi connectivity index (χ3v) is 4.93. The second-order valence-electron chi connectivity index (χ2n) is 6.76. The van der Waals surface area contributed by atoms with Crippen molar-refractivity contribution in [2.45, 2.75) is 13.5 Å². The van der Waals surface area contributed by atoms with Crippen molar-refractivity contribution in [3.05, 3.63) is 105 Å². The van der Waals surface area contributed by atoms with E-state index in [-0.39, 0.29) is 23.7 Å². The lowest BCUT2D eigenvalue weighted by atomic mass is 10.1. The van der Waals surface area contributed by atoms with E-state index >= 15 is 0 Å². The van der Waals surface area contributed by atoms with Crippen molar-refractivity contribution in [2.24, 2.45) is 0 Å². The summed E-state index contributed by atoms with van der Waals surface area (Å²) >= 11 is 6.00. The topological polar surface area (TPSA) is 64.0 Å². The highest BCUT2D eigenvalue weighted by molar-refractivity contribution is 6.30. The number of hydrogen-bond donors (Lipinski definition) is 1. The molecular weight excluding hydrogens is 386 g/mol. The van der Waals surface area contributed by atoms with Crippen molar-refractivity contribution in [1.29, 1.82) is 0 Å². The first-order chi connectivity index (χ1) is 14.0. The van der Waals surface area contributed by atoms with Crippen molar-refractivity contribution in [3.8, 4) is 0 Å². The molecule has 144 valence electrons. The SMILES string of the molecule is Cc1cc(Cl)ccc1NC(=O)c1nn(Cc2ccccc2)c(=O)c2ccccc12. The van der Waals surface area contributed by atoms with Gasteiger partial charge >= 0.3 is 0 Å². The molecule has 0 spiro atoms. The summed E-state index contributed by atoms with van der Waals surface area (Å²) in [6, 6.07) is 21.8. The third kappa shape index (κ3) is 3.91. The highest BCUT2D eigenvalue weighted by atomic mass is 35.5. The molecule has 0 atom stereocenters. The smallest absolute Gasteiger partial charge is 0.276 e. The number of aryl methyl sites for hydroxylation is 1. The zero-order chi connectivity index (χ0) is 20.4. The molecule has 29 heavy (non-hydrogen) atoms. The fraction of sp³-hybridized carbons (Fsp3) is 0.0870. The molecule has 0 bridgehead atoms. The Morgan fingerprint density at radius 1 is 1.00 bits per heavy atom. The highest BCUT2D eigenvalue weighted by Gasteiger charge is 2.17. The summed E-state index contributed by atoms with van der Waals surface area (Å²) in [5.74, 6) is -0.381. The molecule has 0 radical (unpaired) electrons. The summed E-state index contributed by atoms with van der Waals surface area (Å²) in [7, 11) is 0. The van der Waals surface area contributed by atoms with Crippen LogP contribution in [-0.4, -0.2) is 15.7 Å². The maximum atomic E-state index is 13.1. The fourth-order valence-corrected chi connectivity index (χ4v) is 3.44. The molecule has 1 N–H and O–H groups in total. The van der Waals surface area contributed by atoms with E-state index in [1.807, 2.05) is 37.3 Å². The lowest BCUT2D eigenvalue weighted by Crippen LogP contribution is -2.28. The summed E-state index contributed by atoms with van der Waals surface area (Å²) in [5, 5.41) is 8.86. The van der Waals surface area contributed by atoms with E-state index in [0.29, 0.717) is 21.5 Å². The lowest BCUT2D eigenvalue weighted by molar-refractivity contribution is 0.102. The zero-order valence-electron chi connectivity index (χ0n) is 15.7. The van der Waals surface area contributed by atoms with Gasteiger partial charge in [-0.1, -0.05) is 60.1 Å². The van der Waals surface area contributed by atoms with Crippen molar-refractivity contribution in [2.75, 3.05) is 5.32 Å². The number of aromatic nitrogens is 2. The normalized spacial score (nSPS) is 10.8. The van der Waals surface area contributed by atoms with E-state index in [0.717, 1.165) is 11.1 Å². The minimum absolute atomic E-state index is 0.200. The van der Waals surface area contributed by atoms with Crippen LogP contribution in [0.5, 0.6) is 0 Å². The molecule has 0 unspecified atom stereocenters.